The monoisotopic (exact) mass is 447 g/mol. The van der Waals surface area contributed by atoms with E-state index in [-0.39, 0.29) is 5.82 Å². The fourth-order valence-electron chi connectivity index (χ4n) is 3.01. The highest BCUT2D eigenvalue weighted by Gasteiger charge is 2.15. The van der Waals surface area contributed by atoms with Gasteiger partial charge in [-0.3, -0.25) is 3.11 Å². The van der Waals surface area contributed by atoms with Crippen molar-refractivity contribution in [1.82, 2.24) is 0 Å². The number of nitrogens with zero attached hydrogens (tertiary/aromatic N) is 1. The highest BCUT2D eigenvalue weighted by Crippen LogP contribution is 2.43. The van der Waals surface area contributed by atoms with E-state index in [1.807, 2.05) is 23.5 Å². The number of thiophene rings is 1. The van der Waals surface area contributed by atoms with E-state index in [1.54, 1.807) is 0 Å². The number of aryl methyl sites for hydroxylation is 1. The summed E-state index contributed by atoms with van der Waals surface area (Å²) in [4.78, 5) is 0. The minimum Gasteiger partial charge on any atom is -0.282 e. The first kappa shape index (κ1) is 15.8. The second-order valence-corrected chi connectivity index (χ2v) is 7.65. The lowest BCUT2D eigenvalue weighted by Gasteiger charge is -2.17. The first-order valence-corrected chi connectivity index (χ1v) is 9.61. The summed E-state index contributed by atoms with van der Waals surface area (Å²) in [6, 6.07) is 19.6. The molecule has 0 saturated carbocycles. The Balaban J connectivity index is 1.94. The number of halogens is 2. The Morgan fingerprint density at radius 1 is 0.917 bits per heavy atom. The standard InChI is InChI=1S/C20H15FINS/c1-2-13-5-3-6-16-17-7-4-8-18(20(17)24-19(13)16)23(22)15-11-9-14(21)10-12-15/h3-12H,2H2,1H3. The van der Waals surface area contributed by atoms with E-state index >= 15 is 0 Å². The second kappa shape index (κ2) is 6.33. The lowest BCUT2D eigenvalue weighted by atomic mass is 10.1. The molecule has 120 valence electrons. The number of hydrogen-bond acceptors (Lipinski definition) is 2. The Labute approximate surface area is 158 Å². The van der Waals surface area contributed by atoms with Crippen LogP contribution in [-0.2, 0) is 6.42 Å². The molecular formula is C20H15FINS. The third-order valence-corrected chi connectivity index (χ3v) is 6.63. The minimum absolute atomic E-state index is 0.212. The van der Waals surface area contributed by atoms with Crippen LogP contribution in [0, 0.1) is 5.82 Å². The van der Waals surface area contributed by atoms with Gasteiger partial charge in [-0.25, -0.2) is 4.39 Å². The zero-order valence-electron chi connectivity index (χ0n) is 13.1. The van der Waals surface area contributed by atoms with E-state index in [0.29, 0.717) is 0 Å². The average molecular weight is 447 g/mol. The number of hydrogen-bond donors (Lipinski definition) is 0. The predicted octanol–water partition coefficient (Wildman–Crippen LogP) is 7.24. The molecule has 0 aliphatic heterocycles. The minimum atomic E-state index is -0.212. The molecule has 0 saturated heterocycles. The lowest BCUT2D eigenvalue weighted by Crippen LogP contribution is -2.00. The fraction of sp³-hybridized carbons (Fsp3) is 0.100. The van der Waals surface area contributed by atoms with Crippen LogP contribution in [0.25, 0.3) is 20.2 Å². The van der Waals surface area contributed by atoms with Crippen LogP contribution < -0.4 is 3.11 Å². The Morgan fingerprint density at radius 2 is 1.58 bits per heavy atom. The van der Waals surface area contributed by atoms with E-state index in [2.05, 4.69) is 69.3 Å². The van der Waals surface area contributed by atoms with Crippen molar-refractivity contribution < 1.29 is 4.39 Å². The maximum absolute atomic E-state index is 13.2. The molecule has 0 unspecified atom stereocenters. The molecule has 1 aromatic heterocycles. The summed E-state index contributed by atoms with van der Waals surface area (Å²) in [6.45, 7) is 2.20. The van der Waals surface area contributed by atoms with Crippen molar-refractivity contribution in [3.05, 3.63) is 72.0 Å². The SMILES string of the molecule is CCc1cccc2c1sc1c(N(I)c3ccc(F)cc3)cccc12. The van der Waals surface area contributed by atoms with Crippen molar-refractivity contribution in [2.45, 2.75) is 13.3 Å². The highest BCUT2D eigenvalue weighted by atomic mass is 127. The van der Waals surface area contributed by atoms with Crippen LogP contribution in [0.5, 0.6) is 0 Å². The Hall–Kier alpha value is -1.66. The van der Waals surface area contributed by atoms with Gasteiger partial charge in [-0.05, 0) is 42.3 Å². The van der Waals surface area contributed by atoms with E-state index in [9.17, 15) is 4.39 Å². The van der Waals surface area contributed by atoms with Gasteiger partial charge in [-0.1, -0.05) is 37.3 Å². The molecule has 1 nitrogen and oxygen atoms in total. The zero-order valence-corrected chi connectivity index (χ0v) is 16.1. The maximum atomic E-state index is 13.2. The summed E-state index contributed by atoms with van der Waals surface area (Å²) < 4.78 is 17.9. The largest absolute Gasteiger partial charge is 0.282 e. The summed E-state index contributed by atoms with van der Waals surface area (Å²) in [6.07, 6.45) is 1.03. The van der Waals surface area contributed by atoms with Crippen molar-refractivity contribution in [1.29, 1.82) is 0 Å². The molecular weight excluding hydrogens is 432 g/mol. The molecule has 0 fully saturated rings. The Kier molecular flexibility index (Phi) is 4.18. The van der Waals surface area contributed by atoms with Gasteiger partial charge in [0.25, 0.3) is 0 Å². The van der Waals surface area contributed by atoms with Gasteiger partial charge in [-0.15, -0.1) is 11.3 Å². The van der Waals surface area contributed by atoms with Crippen LogP contribution in [0.2, 0.25) is 0 Å². The van der Waals surface area contributed by atoms with Crippen LogP contribution >= 0.6 is 34.2 Å². The van der Waals surface area contributed by atoms with Crippen LogP contribution in [0.1, 0.15) is 12.5 Å². The first-order valence-electron chi connectivity index (χ1n) is 7.83. The van der Waals surface area contributed by atoms with Gasteiger partial charge in [0, 0.05) is 15.5 Å². The second-order valence-electron chi connectivity index (χ2n) is 5.66. The average Bonchev–Trinajstić information content (AvgIpc) is 3.00. The van der Waals surface area contributed by atoms with Gasteiger partial charge in [0.05, 0.1) is 38.9 Å². The molecule has 24 heavy (non-hydrogen) atoms. The van der Waals surface area contributed by atoms with Crippen molar-refractivity contribution in [3.8, 4) is 0 Å². The highest BCUT2D eigenvalue weighted by molar-refractivity contribution is 14.1. The first-order chi connectivity index (χ1) is 11.7. The van der Waals surface area contributed by atoms with Gasteiger partial charge < -0.3 is 0 Å². The number of rotatable bonds is 3. The summed E-state index contributed by atoms with van der Waals surface area (Å²) in [5.74, 6) is -0.212. The molecule has 0 N–H and O–H groups in total. The molecule has 0 aliphatic carbocycles. The maximum Gasteiger partial charge on any atom is 0.123 e. The molecule has 0 radical (unpaired) electrons. The van der Waals surface area contributed by atoms with Gasteiger partial charge in [0.2, 0.25) is 0 Å². The van der Waals surface area contributed by atoms with Crippen LogP contribution in [0.15, 0.2) is 60.7 Å². The van der Waals surface area contributed by atoms with Gasteiger partial charge in [-0.2, -0.15) is 0 Å². The summed E-state index contributed by atoms with van der Waals surface area (Å²) in [5.41, 5.74) is 3.50. The topological polar surface area (TPSA) is 3.24 Å². The predicted molar refractivity (Wildman–Crippen MR) is 111 cm³/mol. The van der Waals surface area contributed by atoms with Crippen LogP contribution in [0.4, 0.5) is 15.8 Å². The van der Waals surface area contributed by atoms with E-state index < -0.39 is 0 Å². The third-order valence-electron chi connectivity index (χ3n) is 4.23. The summed E-state index contributed by atoms with van der Waals surface area (Å²) in [7, 11) is 0. The quantitative estimate of drug-likeness (QED) is 0.236. The van der Waals surface area contributed by atoms with Crippen molar-refractivity contribution >= 4 is 65.7 Å². The molecule has 4 heteroatoms. The molecule has 4 aromatic rings. The van der Waals surface area contributed by atoms with Gasteiger partial charge >= 0.3 is 0 Å². The lowest BCUT2D eigenvalue weighted by molar-refractivity contribution is 0.628. The fourth-order valence-corrected chi connectivity index (χ4v) is 5.28. The zero-order chi connectivity index (χ0) is 16.7. The van der Waals surface area contributed by atoms with Crippen LogP contribution in [-0.4, -0.2) is 0 Å². The van der Waals surface area contributed by atoms with Gasteiger partial charge in [0.15, 0.2) is 0 Å². The molecule has 0 aliphatic rings. The molecule has 0 spiro atoms. The molecule has 0 bridgehead atoms. The van der Waals surface area contributed by atoms with Crippen molar-refractivity contribution in [2.75, 3.05) is 3.11 Å². The number of anilines is 2. The Morgan fingerprint density at radius 3 is 2.29 bits per heavy atom. The molecule has 1 heterocycles. The van der Waals surface area contributed by atoms with E-state index in [4.69, 9.17) is 0 Å². The van der Waals surface area contributed by atoms with Crippen molar-refractivity contribution in [3.63, 3.8) is 0 Å². The number of fused-ring (bicyclic) bond motifs is 3. The van der Waals surface area contributed by atoms with Gasteiger partial charge in [0.1, 0.15) is 5.82 Å². The van der Waals surface area contributed by atoms with E-state index in [0.717, 1.165) is 17.8 Å². The molecule has 4 rings (SSSR count). The molecule has 3 aromatic carbocycles. The van der Waals surface area contributed by atoms with Crippen molar-refractivity contribution in [2.24, 2.45) is 0 Å². The molecule has 0 atom stereocenters. The van der Waals surface area contributed by atoms with Crippen LogP contribution in [0.3, 0.4) is 0 Å². The third kappa shape index (κ3) is 2.58. The summed E-state index contributed by atoms with van der Waals surface area (Å²) in [5, 5.41) is 2.60. The summed E-state index contributed by atoms with van der Waals surface area (Å²) >= 11 is 4.14. The smallest absolute Gasteiger partial charge is 0.123 e. The van der Waals surface area contributed by atoms with E-state index in [1.165, 1.54) is 37.9 Å². The molecule has 0 amide bonds. The normalized spacial score (nSPS) is 11.3. The number of benzene rings is 3. The Bertz CT molecular complexity index is 1020.